The minimum atomic E-state index is -0.832. The van der Waals surface area contributed by atoms with Crippen LogP contribution in [0.3, 0.4) is 0 Å². The number of rotatable bonds is 8. The van der Waals surface area contributed by atoms with Crippen molar-refractivity contribution in [2.75, 3.05) is 26.6 Å². The lowest BCUT2D eigenvalue weighted by Gasteiger charge is -2.14. The second-order valence-electron chi connectivity index (χ2n) is 6.49. The molecule has 0 radical (unpaired) electrons. The summed E-state index contributed by atoms with van der Waals surface area (Å²) in [5.74, 6) is -0.245. The molecule has 3 rings (SSSR count). The molecule has 0 spiro atoms. The van der Waals surface area contributed by atoms with Crippen LogP contribution in [0.2, 0.25) is 0 Å². The zero-order chi connectivity index (χ0) is 25.0. The highest BCUT2D eigenvalue weighted by molar-refractivity contribution is 6.05. The summed E-state index contributed by atoms with van der Waals surface area (Å²) in [7, 11) is 4.14. The number of carbonyl (C=O) groups is 1. The third-order valence-electron chi connectivity index (χ3n) is 4.64. The number of hydrogen-bond acceptors (Lipinski definition) is 10. The minimum Gasteiger partial charge on any atom is -0.493 e. The van der Waals surface area contributed by atoms with Crippen LogP contribution >= 0.6 is 0 Å². The fourth-order valence-electron chi connectivity index (χ4n) is 3.08. The van der Waals surface area contributed by atoms with Crippen LogP contribution in [-0.2, 0) is 0 Å². The monoisotopic (exact) mass is 468 g/mol. The average molecular weight is 468 g/mol. The van der Waals surface area contributed by atoms with Crippen molar-refractivity contribution in [3.63, 3.8) is 0 Å². The van der Waals surface area contributed by atoms with Crippen molar-refractivity contribution in [1.82, 2.24) is 9.78 Å². The van der Waals surface area contributed by atoms with E-state index in [4.69, 9.17) is 14.2 Å². The fraction of sp³-hybridized carbons (Fsp3) is 0.150. The zero-order valence-corrected chi connectivity index (χ0v) is 18.0. The van der Waals surface area contributed by atoms with E-state index in [1.165, 1.54) is 33.5 Å². The number of hydrogen-bond donors (Lipinski definition) is 1. The normalized spacial score (nSPS) is 10.2. The van der Waals surface area contributed by atoms with Gasteiger partial charge in [0.15, 0.2) is 17.3 Å². The Morgan fingerprint density at radius 2 is 1.71 bits per heavy atom. The second kappa shape index (κ2) is 9.53. The standard InChI is InChI=1S/C20H16N6O8/c1-32-16-6-11(7-17(33-2)18(16)34-3)20(27)23-19-12(9-21)10-22-24(19)14-5-4-13(25(28)29)8-15(14)26(30)31/h4-8,10H,1-3H3,(H,23,27). The highest BCUT2D eigenvalue weighted by atomic mass is 16.6. The number of carbonyl (C=O) groups excluding carboxylic acids is 1. The Balaban J connectivity index is 2.10. The molecule has 0 aliphatic rings. The summed E-state index contributed by atoms with van der Waals surface area (Å²) in [5.41, 5.74) is -1.40. The molecule has 174 valence electrons. The van der Waals surface area contributed by atoms with Crippen LogP contribution in [0.1, 0.15) is 15.9 Å². The van der Waals surface area contributed by atoms with Gasteiger partial charge >= 0.3 is 5.69 Å². The smallest absolute Gasteiger partial charge is 0.301 e. The molecular formula is C20H16N6O8. The number of nitro benzene ring substituents is 2. The number of nitrogens with zero attached hydrogens (tertiary/aromatic N) is 5. The summed E-state index contributed by atoms with van der Waals surface area (Å²) in [6, 6.07) is 7.48. The lowest BCUT2D eigenvalue weighted by molar-refractivity contribution is -0.394. The van der Waals surface area contributed by atoms with E-state index < -0.39 is 27.1 Å². The van der Waals surface area contributed by atoms with Crippen molar-refractivity contribution in [2.24, 2.45) is 0 Å². The molecule has 0 unspecified atom stereocenters. The lowest BCUT2D eigenvalue weighted by atomic mass is 10.1. The Morgan fingerprint density at radius 1 is 1.06 bits per heavy atom. The largest absolute Gasteiger partial charge is 0.493 e. The molecular weight excluding hydrogens is 452 g/mol. The van der Waals surface area contributed by atoms with Gasteiger partial charge in [0.05, 0.1) is 43.4 Å². The molecule has 0 atom stereocenters. The molecule has 1 N–H and O–H groups in total. The SMILES string of the molecule is COc1cc(C(=O)Nc2c(C#N)cnn2-c2ccc([N+](=O)[O-])cc2[N+](=O)[O-])cc(OC)c1OC. The second-order valence-corrected chi connectivity index (χ2v) is 6.49. The first-order valence-electron chi connectivity index (χ1n) is 9.28. The molecule has 0 aliphatic carbocycles. The number of methoxy groups -OCH3 is 3. The van der Waals surface area contributed by atoms with Gasteiger partial charge in [0, 0.05) is 11.6 Å². The van der Waals surface area contributed by atoms with Gasteiger partial charge in [-0.05, 0) is 18.2 Å². The Morgan fingerprint density at radius 3 is 2.21 bits per heavy atom. The van der Waals surface area contributed by atoms with Crippen molar-refractivity contribution >= 4 is 23.1 Å². The number of nitrogens with one attached hydrogen (secondary N) is 1. The summed E-state index contributed by atoms with van der Waals surface area (Å²) < 4.78 is 16.6. The van der Waals surface area contributed by atoms with Gasteiger partial charge in [-0.2, -0.15) is 10.4 Å². The number of anilines is 1. The number of benzene rings is 2. The number of aromatic nitrogens is 2. The van der Waals surface area contributed by atoms with Crippen LogP contribution in [0.25, 0.3) is 5.69 Å². The molecule has 34 heavy (non-hydrogen) atoms. The van der Waals surface area contributed by atoms with Gasteiger partial charge in [-0.1, -0.05) is 0 Å². The van der Waals surface area contributed by atoms with Gasteiger partial charge in [0.1, 0.15) is 17.3 Å². The number of ether oxygens (including phenoxy) is 3. The van der Waals surface area contributed by atoms with E-state index in [0.717, 1.165) is 29.1 Å². The lowest BCUT2D eigenvalue weighted by Crippen LogP contribution is -2.17. The maximum atomic E-state index is 13.0. The van der Waals surface area contributed by atoms with Crippen molar-refractivity contribution < 1.29 is 28.9 Å². The molecule has 3 aromatic rings. The molecule has 14 heteroatoms. The summed E-state index contributed by atoms with van der Waals surface area (Å²) >= 11 is 0. The van der Waals surface area contributed by atoms with Gasteiger partial charge in [0.2, 0.25) is 5.75 Å². The van der Waals surface area contributed by atoms with Crippen LogP contribution in [0.15, 0.2) is 36.5 Å². The first-order valence-corrected chi connectivity index (χ1v) is 9.28. The Labute approximate surface area is 191 Å². The highest BCUT2D eigenvalue weighted by Crippen LogP contribution is 2.38. The van der Waals surface area contributed by atoms with E-state index in [1.807, 2.05) is 6.07 Å². The maximum Gasteiger partial charge on any atom is 0.301 e. The molecule has 0 saturated carbocycles. The maximum absolute atomic E-state index is 13.0. The molecule has 0 bridgehead atoms. The molecule has 1 amide bonds. The number of nitriles is 1. The van der Waals surface area contributed by atoms with Crippen LogP contribution in [0.5, 0.6) is 17.2 Å². The van der Waals surface area contributed by atoms with Crippen molar-refractivity contribution in [3.05, 3.63) is 67.9 Å². The summed E-state index contributed by atoms with van der Waals surface area (Å²) in [5, 5.41) is 38.5. The van der Waals surface area contributed by atoms with Crippen molar-refractivity contribution in [2.45, 2.75) is 0 Å². The molecule has 0 aliphatic heterocycles. The minimum absolute atomic E-state index is 0.0596. The van der Waals surface area contributed by atoms with Crippen LogP contribution in [0.4, 0.5) is 17.2 Å². The Hall–Kier alpha value is -5.19. The summed E-state index contributed by atoms with van der Waals surface area (Å²) in [4.78, 5) is 34.0. The zero-order valence-electron chi connectivity index (χ0n) is 18.0. The Kier molecular flexibility index (Phi) is 6.58. The first-order chi connectivity index (χ1) is 16.2. The average Bonchev–Trinajstić information content (AvgIpc) is 3.24. The van der Waals surface area contributed by atoms with Crippen molar-refractivity contribution in [3.8, 4) is 29.0 Å². The first kappa shape index (κ1) is 23.5. The van der Waals surface area contributed by atoms with Gasteiger partial charge in [-0.25, -0.2) is 4.68 Å². The van der Waals surface area contributed by atoms with Gasteiger partial charge in [0.25, 0.3) is 11.6 Å². The van der Waals surface area contributed by atoms with Gasteiger partial charge < -0.3 is 19.5 Å². The topological polar surface area (TPSA) is 185 Å². The fourth-order valence-corrected chi connectivity index (χ4v) is 3.08. The van der Waals surface area contributed by atoms with Crippen LogP contribution in [-0.4, -0.2) is 46.9 Å². The van der Waals surface area contributed by atoms with Crippen LogP contribution in [0, 0.1) is 31.6 Å². The van der Waals surface area contributed by atoms with E-state index in [-0.39, 0.29) is 39.9 Å². The predicted molar refractivity (Wildman–Crippen MR) is 116 cm³/mol. The predicted octanol–water partition coefficient (Wildman–Crippen LogP) is 2.84. The number of nitro groups is 2. The quantitative estimate of drug-likeness (QED) is 0.380. The molecule has 0 fully saturated rings. The van der Waals surface area contributed by atoms with E-state index in [2.05, 4.69) is 10.4 Å². The third kappa shape index (κ3) is 4.25. The van der Waals surface area contributed by atoms with E-state index in [1.54, 1.807) is 0 Å². The van der Waals surface area contributed by atoms with Crippen molar-refractivity contribution in [1.29, 1.82) is 5.26 Å². The molecule has 1 heterocycles. The van der Waals surface area contributed by atoms with E-state index >= 15 is 0 Å². The van der Waals surface area contributed by atoms with E-state index in [0.29, 0.717) is 0 Å². The highest BCUT2D eigenvalue weighted by Gasteiger charge is 2.26. The molecule has 1 aromatic heterocycles. The molecule has 0 saturated heterocycles. The van der Waals surface area contributed by atoms with Crippen LogP contribution < -0.4 is 19.5 Å². The Bertz CT molecular complexity index is 1320. The molecule has 14 nitrogen and oxygen atoms in total. The number of non-ortho nitro benzene ring substituents is 1. The molecule has 2 aromatic carbocycles. The van der Waals surface area contributed by atoms with E-state index in [9.17, 15) is 30.3 Å². The number of amides is 1. The summed E-state index contributed by atoms with van der Waals surface area (Å²) in [6.45, 7) is 0. The third-order valence-corrected chi connectivity index (χ3v) is 4.64. The van der Waals surface area contributed by atoms with Gasteiger partial charge in [-0.15, -0.1) is 0 Å². The summed E-state index contributed by atoms with van der Waals surface area (Å²) in [6.07, 6.45) is 1.09. The van der Waals surface area contributed by atoms with Gasteiger partial charge in [-0.3, -0.25) is 25.0 Å².